The van der Waals surface area contributed by atoms with Gasteiger partial charge in [-0.3, -0.25) is 10.1 Å². The molecule has 3 aromatic rings. The molecule has 0 atom stereocenters. The van der Waals surface area contributed by atoms with E-state index in [1.165, 1.54) is 21.8 Å². The van der Waals surface area contributed by atoms with Crippen molar-refractivity contribution in [1.29, 1.82) is 0 Å². The van der Waals surface area contributed by atoms with Crippen molar-refractivity contribution < 1.29 is 4.79 Å². The Kier molecular flexibility index (Phi) is 5.56. The van der Waals surface area contributed by atoms with Crippen molar-refractivity contribution in [3.8, 4) is 11.3 Å². The summed E-state index contributed by atoms with van der Waals surface area (Å²) in [5.41, 5.74) is 3.79. The second-order valence-electron chi connectivity index (χ2n) is 6.05. The van der Waals surface area contributed by atoms with E-state index in [1.807, 2.05) is 41.8 Å². The van der Waals surface area contributed by atoms with Gasteiger partial charge in [-0.2, -0.15) is 0 Å². The maximum absolute atomic E-state index is 12.4. The number of thioether (sulfide) groups is 1. The number of nitrogens with zero attached hydrogens (tertiary/aromatic N) is 1. The van der Waals surface area contributed by atoms with Crippen LogP contribution in [0.4, 0.5) is 5.13 Å². The third-order valence-electron chi connectivity index (χ3n) is 3.56. The average Bonchev–Trinajstić information content (AvgIpc) is 3.04. The molecule has 0 aliphatic heterocycles. The molecule has 3 nitrogen and oxygen atoms in total. The first kappa shape index (κ1) is 17.7. The lowest BCUT2D eigenvalue weighted by Crippen LogP contribution is -2.11. The molecule has 0 spiro atoms. The van der Waals surface area contributed by atoms with E-state index in [0.717, 1.165) is 11.3 Å². The fraction of sp³-hybridized carbons (Fsp3) is 0.200. The molecule has 0 saturated carbocycles. The second-order valence-corrected chi connectivity index (χ2v) is 8.56. The van der Waals surface area contributed by atoms with Gasteiger partial charge in [0.25, 0.3) is 5.91 Å². The lowest BCUT2D eigenvalue weighted by molar-refractivity contribution is 0.102. The van der Waals surface area contributed by atoms with Gasteiger partial charge in [0, 0.05) is 26.7 Å². The smallest absolute Gasteiger partial charge is 0.257 e. The van der Waals surface area contributed by atoms with E-state index < -0.39 is 0 Å². The number of nitrogens with one attached hydrogen (secondary N) is 1. The van der Waals surface area contributed by atoms with Crippen LogP contribution >= 0.6 is 23.1 Å². The van der Waals surface area contributed by atoms with Crippen molar-refractivity contribution in [2.45, 2.75) is 30.9 Å². The number of aromatic nitrogens is 1. The van der Waals surface area contributed by atoms with Crippen LogP contribution in [0, 0.1) is 6.92 Å². The third kappa shape index (κ3) is 4.71. The first-order valence-corrected chi connectivity index (χ1v) is 9.88. The third-order valence-corrected chi connectivity index (χ3v) is 5.33. The maximum Gasteiger partial charge on any atom is 0.257 e. The van der Waals surface area contributed by atoms with E-state index in [-0.39, 0.29) is 5.91 Å². The summed E-state index contributed by atoms with van der Waals surface area (Å²) in [6, 6.07) is 15.9. The number of aryl methyl sites for hydroxylation is 1. The molecule has 0 saturated heterocycles. The van der Waals surface area contributed by atoms with E-state index in [0.29, 0.717) is 15.9 Å². The first-order chi connectivity index (χ1) is 12.0. The van der Waals surface area contributed by atoms with Crippen LogP contribution in [0.2, 0.25) is 0 Å². The number of thiazole rings is 1. The summed E-state index contributed by atoms with van der Waals surface area (Å²) in [6.45, 7) is 6.36. The molecular formula is C20H20N2OS2. The minimum atomic E-state index is -0.133. The Labute approximate surface area is 156 Å². The van der Waals surface area contributed by atoms with Gasteiger partial charge in [-0.15, -0.1) is 23.1 Å². The molecular weight excluding hydrogens is 348 g/mol. The lowest BCUT2D eigenvalue weighted by Gasteiger charge is -2.06. The molecule has 1 N–H and O–H groups in total. The number of carbonyl (C=O) groups is 1. The molecule has 0 unspecified atom stereocenters. The Morgan fingerprint density at radius 1 is 1.08 bits per heavy atom. The number of hydrogen-bond donors (Lipinski definition) is 1. The Bertz CT molecular complexity index is 852. The van der Waals surface area contributed by atoms with E-state index in [4.69, 9.17) is 0 Å². The van der Waals surface area contributed by atoms with Gasteiger partial charge in [0.05, 0.1) is 5.69 Å². The molecule has 0 aliphatic rings. The topological polar surface area (TPSA) is 42.0 Å². The molecule has 128 valence electrons. The fourth-order valence-electron chi connectivity index (χ4n) is 2.31. The zero-order valence-electron chi connectivity index (χ0n) is 14.4. The number of carbonyl (C=O) groups excluding carboxylic acids is 1. The van der Waals surface area contributed by atoms with Crippen molar-refractivity contribution in [3.63, 3.8) is 0 Å². The van der Waals surface area contributed by atoms with Gasteiger partial charge in [0.1, 0.15) is 0 Å². The predicted molar refractivity (Wildman–Crippen MR) is 108 cm³/mol. The molecule has 1 aromatic heterocycles. The molecule has 1 heterocycles. The molecule has 0 fully saturated rings. The second kappa shape index (κ2) is 7.85. The lowest BCUT2D eigenvalue weighted by atomic mass is 10.1. The van der Waals surface area contributed by atoms with Gasteiger partial charge < -0.3 is 0 Å². The van der Waals surface area contributed by atoms with E-state index >= 15 is 0 Å². The molecule has 0 radical (unpaired) electrons. The Morgan fingerprint density at radius 3 is 2.40 bits per heavy atom. The largest absolute Gasteiger partial charge is 0.298 e. The monoisotopic (exact) mass is 368 g/mol. The zero-order valence-corrected chi connectivity index (χ0v) is 16.1. The van der Waals surface area contributed by atoms with Gasteiger partial charge in [0.2, 0.25) is 0 Å². The van der Waals surface area contributed by atoms with Crippen LogP contribution in [0.15, 0.2) is 58.8 Å². The van der Waals surface area contributed by atoms with Crippen LogP contribution in [0.1, 0.15) is 29.8 Å². The summed E-state index contributed by atoms with van der Waals surface area (Å²) in [6.07, 6.45) is 0. The van der Waals surface area contributed by atoms with Gasteiger partial charge in [-0.05, 0) is 31.2 Å². The molecule has 1 amide bonds. The van der Waals surface area contributed by atoms with Crippen LogP contribution in [0.3, 0.4) is 0 Å². The summed E-state index contributed by atoms with van der Waals surface area (Å²) in [5.74, 6) is -0.133. The normalized spacial score (nSPS) is 10.9. The number of anilines is 1. The minimum absolute atomic E-state index is 0.133. The Hall–Kier alpha value is -2.11. The summed E-state index contributed by atoms with van der Waals surface area (Å²) in [5, 5.41) is 5.98. The molecule has 25 heavy (non-hydrogen) atoms. The van der Waals surface area contributed by atoms with Crippen LogP contribution < -0.4 is 5.32 Å². The van der Waals surface area contributed by atoms with Crippen LogP contribution in [0.5, 0.6) is 0 Å². The predicted octanol–water partition coefficient (Wildman–Crippen LogP) is 5.87. The fourth-order valence-corrected chi connectivity index (χ4v) is 3.87. The van der Waals surface area contributed by atoms with Crippen molar-refractivity contribution >= 4 is 34.1 Å². The van der Waals surface area contributed by atoms with E-state index in [1.54, 1.807) is 11.8 Å². The van der Waals surface area contributed by atoms with Crippen molar-refractivity contribution in [1.82, 2.24) is 4.98 Å². The number of hydrogen-bond acceptors (Lipinski definition) is 4. The van der Waals surface area contributed by atoms with Gasteiger partial charge in [0.15, 0.2) is 5.13 Å². The quantitative estimate of drug-likeness (QED) is 0.573. The highest BCUT2D eigenvalue weighted by Crippen LogP contribution is 2.26. The molecule has 3 rings (SSSR count). The number of amides is 1. The van der Waals surface area contributed by atoms with Crippen LogP contribution in [0.25, 0.3) is 11.3 Å². The summed E-state index contributed by atoms with van der Waals surface area (Å²) in [4.78, 5) is 18.1. The summed E-state index contributed by atoms with van der Waals surface area (Å²) < 4.78 is 0. The molecule has 2 aromatic carbocycles. The van der Waals surface area contributed by atoms with E-state index in [9.17, 15) is 4.79 Å². The van der Waals surface area contributed by atoms with Crippen molar-refractivity contribution in [2.75, 3.05) is 5.32 Å². The zero-order chi connectivity index (χ0) is 17.8. The van der Waals surface area contributed by atoms with Gasteiger partial charge >= 0.3 is 0 Å². The maximum atomic E-state index is 12.4. The first-order valence-electron chi connectivity index (χ1n) is 8.12. The highest BCUT2D eigenvalue weighted by Gasteiger charge is 2.10. The Morgan fingerprint density at radius 2 is 1.76 bits per heavy atom. The van der Waals surface area contributed by atoms with Crippen LogP contribution in [-0.2, 0) is 0 Å². The highest BCUT2D eigenvalue weighted by atomic mass is 32.2. The van der Waals surface area contributed by atoms with Gasteiger partial charge in [-0.25, -0.2) is 4.98 Å². The van der Waals surface area contributed by atoms with Crippen molar-refractivity contribution in [2.24, 2.45) is 0 Å². The minimum Gasteiger partial charge on any atom is -0.298 e. The highest BCUT2D eigenvalue weighted by molar-refractivity contribution is 7.99. The number of rotatable bonds is 5. The molecule has 0 bridgehead atoms. The standard InChI is InChI=1S/C20H20N2OS2/c1-13(2)25-17-10-8-16(9-11-17)19(23)22-20-21-18(12-24-20)15-6-4-14(3)5-7-15/h4-13H,1-3H3,(H,21,22,23). The Balaban J connectivity index is 1.68. The van der Waals surface area contributed by atoms with Crippen LogP contribution in [-0.4, -0.2) is 16.1 Å². The molecule has 5 heteroatoms. The number of benzene rings is 2. The average molecular weight is 369 g/mol. The summed E-state index contributed by atoms with van der Waals surface area (Å²) in [7, 11) is 0. The van der Waals surface area contributed by atoms with Gasteiger partial charge in [-0.1, -0.05) is 43.7 Å². The van der Waals surface area contributed by atoms with Crippen molar-refractivity contribution in [3.05, 3.63) is 65.0 Å². The SMILES string of the molecule is Cc1ccc(-c2csc(NC(=O)c3ccc(SC(C)C)cc3)n2)cc1. The molecule has 0 aliphatic carbocycles. The van der Waals surface area contributed by atoms with E-state index in [2.05, 4.69) is 43.2 Å². The summed E-state index contributed by atoms with van der Waals surface area (Å²) >= 11 is 3.22.